The minimum atomic E-state index is -1.21. The maximum atomic E-state index is 10.8. The van der Waals surface area contributed by atoms with Gasteiger partial charge in [-0.05, 0) is 12.8 Å². The Hall–Kier alpha value is -1.65. The highest BCUT2D eigenvalue weighted by Crippen LogP contribution is 2.31. The van der Waals surface area contributed by atoms with E-state index >= 15 is 0 Å². The second kappa shape index (κ2) is 4.47. The summed E-state index contributed by atoms with van der Waals surface area (Å²) in [6, 6.07) is 0. The fraction of sp³-hybridized carbons (Fsp3) is 0.545. The Labute approximate surface area is 93.2 Å². The average Bonchev–Trinajstić information content (AvgIpc) is 2.30. The third-order valence-corrected chi connectivity index (χ3v) is 2.96. The summed E-state index contributed by atoms with van der Waals surface area (Å²) in [7, 11) is 0. The molecule has 5 nitrogen and oxygen atoms in total. The first kappa shape index (κ1) is 10.9. The van der Waals surface area contributed by atoms with Crippen LogP contribution in [0.4, 0.5) is 0 Å². The van der Waals surface area contributed by atoms with E-state index in [9.17, 15) is 9.90 Å². The zero-order valence-corrected chi connectivity index (χ0v) is 8.89. The van der Waals surface area contributed by atoms with Gasteiger partial charge in [0.2, 0.25) is 0 Å². The molecule has 1 fully saturated rings. The molecule has 0 aromatic carbocycles. The number of carbonyl (C=O) groups is 1. The topological polar surface area (TPSA) is 83.3 Å². The van der Waals surface area contributed by atoms with Crippen molar-refractivity contribution in [2.24, 2.45) is 0 Å². The van der Waals surface area contributed by atoms with E-state index in [1.165, 1.54) is 12.6 Å². The summed E-state index contributed by atoms with van der Waals surface area (Å²) in [5.74, 6) is -0.786. The number of aromatic nitrogens is 2. The van der Waals surface area contributed by atoms with Crippen molar-refractivity contribution in [3.63, 3.8) is 0 Å². The third-order valence-electron chi connectivity index (χ3n) is 2.96. The van der Waals surface area contributed by atoms with Crippen LogP contribution in [-0.4, -0.2) is 26.2 Å². The molecule has 1 saturated carbocycles. The van der Waals surface area contributed by atoms with Crippen molar-refractivity contribution in [3.8, 4) is 5.75 Å². The number of rotatable bonds is 2. The first-order chi connectivity index (χ1) is 7.68. The van der Waals surface area contributed by atoms with E-state index in [0.29, 0.717) is 5.82 Å². The van der Waals surface area contributed by atoms with Crippen molar-refractivity contribution < 1.29 is 15.0 Å². The minimum absolute atomic E-state index is 0.243. The summed E-state index contributed by atoms with van der Waals surface area (Å²) in [6.45, 7) is 0. The number of carboxylic acid groups (broad SMARTS) is 1. The molecule has 5 heteroatoms. The van der Waals surface area contributed by atoms with Crippen LogP contribution in [0.2, 0.25) is 0 Å². The van der Waals surface area contributed by atoms with Crippen molar-refractivity contribution in [1.82, 2.24) is 9.97 Å². The van der Waals surface area contributed by atoms with Gasteiger partial charge in [-0.3, -0.25) is 0 Å². The maximum absolute atomic E-state index is 10.8. The lowest BCUT2D eigenvalue weighted by Gasteiger charge is -2.20. The Bertz CT molecular complexity index is 400. The lowest BCUT2D eigenvalue weighted by atomic mass is 9.88. The van der Waals surface area contributed by atoms with Crippen molar-refractivity contribution >= 4 is 5.97 Å². The SMILES string of the molecule is O=C(O)c1nc(C2CCCCC2)ncc1O. The van der Waals surface area contributed by atoms with Crippen LogP contribution in [0.15, 0.2) is 6.20 Å². The highest BCUT2D eigenvalue weighted by molar-refractivity contribution is 5.88. The molecule has 86 valence electrons. The molecule has 2 rings (SSSR count). The number of aromatic hydroxyl groups is 1. The molecule has 0 bridgehead atoms. The van der Waals surface area contributed by atoms with Gasteiger partial charge in [-0.25, -0.2) is 14.8 Å². The second-order valence-corrected chi connectivity index (χ2v) is 4.10. The summed E-state index contributed by atoms with van der Waals surface area (Å²) in [6.07, 6.45) is 6.68. The van der Waals surface area contributed by atoms with Gasteiger partial charge < -0.3 is 10.2 Å². The Kier molecular flexibility index (Phi) is 3.03. The molecule has 16 heavy (non-hydrogen) atoms. The van der Waals surface area contributed by atoms with Crippen molar-refractivity contribution in [3.05, 3.63) is 17.7 Å². The Morgan fingerprint density at radius 1 is 1.31 bits per heavy atom. The first-order valence-electron chi connectivity index (χ1n) is 5.47. The minimum Gasteiger partial charge on any atom is -0.504 e. The van der Waals surface area contributed by atoms with E-state index in [4.69, 9.17) is 5.11 Å². The molecule has 1 heterocycles. The van der Waals surface area contributed by atoms with Gasteiger partial charge in [0.15, 0.2) is 11.4 Å². The Morgan fingerprint density at radius 2 is 2.00 bits per heavy atom. The van der Waals surface area contributed by atoms with Gasteiger partial charge in [0.05, 0.1) is 6.20 Å². The predicted molar refractivity (Wildman–Crippen MR) is 56.5 cm³/mol. The highest BCUT2D eigenvalue weighted by Gasteiger charge is 2.21. The fourth-order valence-corrected chi connectivity index (χ4v) is 2.10. The summed E-state index contributed by atoms with van der Waals surface area (Å²) in [5, 5.41) is 18.1. The molecule has 0 atom stereocenters. The summed E-state index contributed by atoms with van der Waals surface area (Å²) < 4.78 is 0. The van der Waals surface area contributed by atoms with Crippen LogP contribution in [0, 0.1) is 0 Å². The second-order valence-electron chi connectivity index (χ2n) is 4.10. The summed E-state index contributed by atoms with van der Waals surface area (Å²) >= 11 is 0. The van der Waals surface area contributed by atoms with E-state index in [1.54, 1.807) is 0 Å². The number of hydrogen-bond donors (Lipinski definition) is 2. The third kappa shape index (κ3) is 2.13. The van der Waals surface area contributed by atoms with Crippen LogP contribution >= 0.6 is 0 Å². The molecule has 0 unspecified atom stereocenters. The highest BCUT2D eigenvalue weighted by atomic mass is 16.4. The molecule has 1 aromatic rings. The summed E-state index contributed by atoms with van der Waals surface area (Å²) in [5.41, 5.74) is -0.296. The van der Waals surface area contributed by atoms with Gasteiger partial charge in [-0.2, -0.15) is 0 Å². The molecule has 0 saturated heterocycles. The van der Waals surface area contributed by atoms with E-state index in [2.05, 4.69) is 9.97 Å². The molecule has 0 spiro atoms. The first-order valence-corrected chi connectivity index (χ1v) is 5.47. The smallest absolute Gasteiger partial charge is 0.358 e. The van der Waals surface area contributed by atoms with Crippen molar-refractivity contribution in [2.45, 2.75) is 38.0 Å². The van der Waals surface area contributed by atoms with Crippen molar-refractivity contribution in [1.29, 1.82) is 0 Å². The van der Waals surface area contributed by atoms with Gasteiger partial charge in [0, 0.05) is 5.92 Å². The predicted octanol–water partition coefficient (Wildman–Crippen LogP) is 1.93. The van der Waals surface area contributed by atoms with E-state index in [0.717, 1.165) is 25.7 Å². The fourth-order valence-electron chi connectivity index (χ4n) is 2.10. The van der Waals surface area contributed by atoms with Gasteiger partial charge >= 0.3 is 5.97 Å². The van der Waals surface area contributed by atoms with Gasteiger partial charge in [-0.15, -0.1) is 0 Å². The summed E-state index contributed by atoms with van der Waals surface area (Å²) in [4.78, 5) is 18.8. The Morgan fingerprint density at radius 3 is 2.62 bits per heavy atom. The van der Waals surface area contributed by atoms with Crippen LogP contribution in [0.25, 0.3) is 0 Å². The quantitative estimate of drug-likeness (QED) is 0.798. The maximum Gasteiger partial charge on any atom is 0.358 e. The lowest BCUT2D eigenvalue weighted by Crippen LogP contribution is -2.12. The molecular formula is C11H14N2O3. The normalized spacial score (nSPS) is 17.2. The van der Waals surface area contributed by atoms with E-state index in [-0.39, 0.29) is 17.4 Å². The molecule has 0 amide bonds. The zero-order valence-electron chi connectivity index (χ0n) is 8.89. The molecule has 2 N–H and O–H groups in total. The molecule has 0 aliphatic heterocycles. The molecular weight excluding hydrogens is 208 g/mol. The van der Waals surface area contributed by atoms with Gasteiger partial charge in [0.1, 0.15) is 5.82 Å². The lowest BCUT2D eigenvalue weighted by molar-refractivity contribution is 0.0686. The van der Waals surface area contributed by atoms with E-state index in [1.807, 2.05) is 0 Å². The largest absolute Gasteiger partial charge is 0.504 e. The van der Waals surface area contributed by atoms with Crippen molar-refractivity contribution in [2.75, 3.05) is 0 Å². The number of nitrogens with zero attached hydrogens (tertiary/aromatic N) is 2. The van der Waals surface area contributed by atoms with Gasteiger partial charge in [0.25, 0.3) is 0 Å². The number of aromatic carboxylic acids is 1. The van der Waals surface area contributed by atoms with Crippen LogP contribution in [0.1, 0.15) is 54.3 Å². The van der Waals surface area contributed by atoms with Crippen LogP contribution in [-0.2, 0) is 0 Å². The Balaban J connectivity index is 2.27. The molecule has 0 radical (unpaired) electrons. The van der Waals surface area contributed by atoms with Crippen LogP contribution in [0.5, 0.6) is 5.75 Å². The molecule has 1 aliphatic rings. The zero-order chi connectivity index (χ0) is 11.5. The monoisotopic (exact) mass is 222 g/mol. The standard InChI is InChI=1S/C11H14N2O3/c14-8-6-12-10(13-9(8)11(15)16)7-4-2-1-3-5-7/h6-7,14H,1-5H2,(H,15,16). The van der Waals surface area contributed by atoms with Crippen LogP contribution in [0.3, 0.4) is 0 Å². The van der Waals surface area contributed by atoms with E-state index < -0.39 is 5.97 Å². The van der Waals surface area contributed by atoms with Gasteiger partial charge in [-0.1, -0.05) is 19.3 Å². The van der Waals surface area contributed by atoms with Crippen LogP contribution < -0.4 is 0 Å². The number of carboxylic acids is 1. The molecule has 1 aromatic heterocycles. The average molecular weight is 222 g/mol. The molecule has 1 aliphatic carbocycles. The number of hydrogen-bond acceptors (Lipinski definition) is 4.